The molecule has 8 nitrogen and oxygen atoms in total. The van der Waals surface area contributed by atoms with E-state index >= 15 is 0 Å². The summed E-state index contributed by atoms with van der Waals surface area (Å²) in [5.74, 6) is -0.109. The molecular weight excluding hydrogens is 418 g/mol. The minimum absolute atomic E-state index is 0.0453. The smallest absolute Gasteiger partial charge is 0.254 e. The summed E-state index contributed by atoms with van der Waals surface area (Å²) in [7, 11) is 0. The third-order valence-electron chi connectivity index (χ3n) is 5.76. The Bertz CT molecular complexity index is 1120. The van der Waals surface area contributed by atoms with Crippen LogP contribution in [0.25, 0.3) is 0 Å². The van der Waals surface area contributed by atoms with Crippen molar-refractivity contribution in [3.63, 3.8) is 0 Å². The van der Waals surface area contributed by atoms with E-state index in [0.717, 1.165) is 18.8 Å². The zero-order valence-electron chi connectivity index (χ0n) is 18.6. The molecule has 1 N–H and O–H groups in total. The molecule has 33 heavy (non-hydrogen) atoms. The second kappa shape index (κ2) is 10.1. The van der Waals surface area contributed by atoms with Gasteiger partial charge in [0.25, 0.3) is 5.91 Å². The molecule has 4 rings (SSSR count). The van der Waals surface area contributed by atoms with Crippen molar-refractivity contribution < 1.29 is 14.4 Å². The van der Waals surface area contributed by atoms with Crippen molar-refractivity contribution in [1.29, 1.82) is 0 Å². The molecule has 8 heteroatoms. The lowest BCUT2D eigenvalue weighted by atomic mass is 10.1. The van der Waals surface area contributed by atoms with Gasteiger partial charge in [0, 0.05) is 74.0 Å². The van der Waals surface area contributed by atoms with Crippen LogP contribution in [0.4, 0.5) is 11.4 Å². The molecule has 170 valence electrons. The fraction of sp³-hybridized carbons (Fsp3) is 0.280. The standard InChI is InChI=1S/C25H27N5O3/c1-19(31)20-5-7-23(8-6-20)29-13-15-30(16-14-29)25(33)21-3-2-4-22(17-21)27-24(32)9-11-28-12-10-26-18-28/h2-8,10,12,17-18H,9,11,13-16H2,1H3,(H,27,32). The number of nitrogens with zero attached hydrogens (tertiary/aromatic N) is 4. The highest BCUT2D eigenvalue weighted by atomic mass is 16.2. The number of carbonyl (C=O) groups excluding carboxylic acids is 3. The Morgan fingerprint density at radius 1 is 0.970 bits per heavy atom. The van der Waals surface area contributed by atoms with Crippen LogP contribution in [0, 0.1) is 0 Å². The monoisotopic (exact) mass is 445 g/mol. The maximum absolute atomic E-state index is 13.0. The molecule has 0 unspecified atom stereocenters. The maximum atomic E-state index is 13.0. The highest BCUT2D eigenvalue weighted by molar-refractivity contribution is 5.97. The van der Waals surface area contributed by atoms with Gasteiger partial charge in [-0.05, 0) is 49.4 Å². The number of piperazine rings is 1. The zero-order valence-corrected chi connectivity index (χ0v) is 18.6. The molecule has 0 radical (unpaired) electrons. The van der Waals surface area contributed by atoms with Gasteiger partial charge in [-0.15, -0.1) is 0 Å². The van der Waals surface area contributed by atoms with Crippen molar-refractivity contribution in [2.24, 2.45) is 0 Å². The van der Waals surface area contributed by atoms with E-state index in [0.29, 0.717) is 42.9 Å². The molecule has 1 fully saturated rings. The normalized spacial score (nSPS) is 13.6. The van der Waals surface area contributed by atoms with Gasteiger partial charge in [0.05, 0.1) is 6.33 Å². The number of rotatable bonds is 7. The number of hydrogen-bond donors (Lipinski definition) is 1. The second-order valence-corrected chi connectivity index (χ2v) is 8.06. The molecule has 0 spiro atoms. The van der Waals surface area contributed by atoms with Gasteiger partial charge in [0.15, 0.2) is 5.78 Å². The van der Waals surface area contributed by atoms with Gasteiger partial charge in [-0.1, -0.05) is 6.07 Å². The topological polar surface area (TPSA) is 87.5 Å². The first-order valence-corrected chi connectivity index (χ1v) is 11.0. The summed E-state index contributed by atoms with van der Waals surface area (Å²) >= 11 is 0. The molecular formula is C25H27N5O3. The minimum atomic E-state index is -0.113. The van der Waals surface area contributed by atoms with Gasteiger partial charge in [0.2, 0.25) is 5.91 Å². The van der Waals surface area contributed by atoms with E-state index in [1.807, 2.05) is 39.9 Å². The zero-order chi connectivity index (χ0) is 23.2. The Balaban J connectivity index is 1.31. The summed E-state index contributed by atoms with van der Waals surface area (Å²) in [6.45, 7) is 4.75. The van der Waals surface area contributed by atoms with Gasteiger partial charge in [-0.25, -0.2) is 4.98 Å². The van der Waals surface area contributed by atoms with E-state index in [9.17, 15) is 14.4 Å². The largest absolute Gasteiger partial charge is 0.368 e. The van der Waals surface area contributed by atoms with Gasteiger partial charge < -0.3 is 19.7 Å². The summed E-state index contributed by atoms with van der Waals surface area (Å²) in [6.07, 6.45) is 5.49. The third kappa shape index (κ3) is 5.65. The molecule has 1 aliphatic rings. The molecule has 2 amide bonds. The van der Waals surface area contributed by atoms with Gasteiger partial charge in [-0.3, -0.25) is 14.4 Å². The summed E-state index contributed by atoms with van der Waals surface area (Å²) in [4.78, 5) is 44.8. The number of hydrogen-bond acceptors (Lipinski definition) is 5. The fourth-order valence-corrected chi connectivity index (χ4v) is 3.86. The first-order chi connectivity index (χ1) is 16.0. The maximum Gasteiger partial charge on any atom is 0.254 e. The van der Waals surface area contributed by atoms with Crippen molar-refractivity contribution in [3.05, 3.63) is 78.4 Å². The predicted octanol–water partition coefficient (Wildman–Crippen LogP) is 3.08. The molecule has 1 saturated heterocycles. The Labute approximate surface area is 192 Å². The summed E-state index contributed by atoms with van der Waals surface area (Å²) < 4.78 is 1.84. The van der Waals surface area contributed by atoms with Gasteiger partial charge >= 0.3 is 0 Å². The lowest BCUT2D eigenvalue weighted by molar-refractivity contribution is -0.116. The summed E-state index contributed by atoms with van der Waals surface area (Å²) in [6, 6.07) is 14.6. The van der Waals surface area contributed by atoms with Crippen molar-refractivity contribution in [2.45, 2.75) is 19.9 Å². The average Bonchev–Trinajstić information content (AvgIpc) is 3.36. The lowest BCUT2D eigenvalue weighted by Crippen LogP contribution is -2.48. The van der Waals surface area contributed by atoms with Crippen molar-refractivity contribution in [2.75, 3.05) is 36.4 Å². The van der Waals surface area contributed by atoms with Crippen molar-refractivity contribution in [3.8, 4) is 0 Å². The first-order valence-electron chi connectivity index (χ1n) is 11.0. The number of carbonyl (C=O) groups is 3. The van der Waals surface area contributed by atoms with Crippen LogP contribution in [0.3, 0.4) is 0 Å². The molecule has 1 aromatic heterocycles. The van der Waals surface area contributed by atoms with E-state index in [4.69, 9.17) is 0 Å². The molecule has 0 saturated carbocycles. The lowest BCUT2D eigenvalue weighted by Gasteiger charge is -2.36. The number of nitrogens with one attached hydrogen (secondary N) is 1. The number of benzene rings is 2. The fourth-order valence-electron chi connectivity index (χ4n) is 3.86. The van der Waals surface area contributed by atoms with Crippen LogP contribution in [0.1, 0.15) is 34.1 Å². The number of imidazole rings is 1. The molecule has 2 heterocycles. The van der Waals surface area contributed by atoms with Crippen LogP contribution in [-0.4, -0.2) is 58.2 Å². The van der Waals surface area contributed by atoms with Crippen LogP contribution >= 0.6 is 0 Å². The van der Waals surface area contributed by atoms with Crippen LogP contribution in [0.2, 0.25) is 0 Å². The molecule has 3 aromatic rings. The number of Topliss-reactive ketones (excluding diaryl/α,β-unsaturated/α-hetero) is 1. The second-order valence-electron chi connectivity index (χ2n) is 8.06. The molecule has 1 aliphatic heterocycles. The van der Waals surface area contributed by atoms with Crippen molar-refractivity contribution >= 4 is 29.0 Å². The first kappa shape index (κ1) is 22.3. The summed E-state index contributed by atoms with van der Waals surface area (Å²) in [5, 5.41) is 2.87. The molecule has 0 bridgehead atoms. The molecule has 0 atom stereocenters. The SMILES string of the molecule is CC(=O)c1ccc(N2CCN(C(=O)c3cccc(NC(=O)CCn4ccnc4)c3)CC2)cc1. The highest BCUT2D eigenvalue weighted by Gasteiger charge is 2.22. The van der Waals surface area contributed by atoms with Crippen LogP contribution < -0.4 is 10.2 Å². The number of amides is 2. The highest BCUT2D eigenvalue weighted by Crippen LogP contribution is 2.19. The van der Waals surface area contributed by atoms with E-state index in [1.54, 1.807) is 43.7 Å². The Kier molecular flexibility index (Phi) is 6.83. The van der Waals surface area contributed by atoms with Crippen LogP contribution in [0.15, 0.2) is 67.3 Å². The average molecular weight is 446 g/mol. The van der Waals surface area contributed by atoms with Crippen LogP contribution in [-0.2, 0) is 11.3 Å². The molecule has 2 aromatic carbocycles. The quantitative estimate of drug-likeness (QED) is 0.565. The Morgan fingerprint density at radius 2 is 1.73 bits per heavy atom. The number of aromatic nitrogens is 2. The van der Waals surface area contributed by atoms with Gasteiger partial charge in [-0.2, -0.15) is 0 Å². The minimum Gasteiger partial charge on any atom is -0.368 e. The van der Waals surface area contributed by atoms with E-state index in [2.05, 4.69) is 15.2 Å². The number of ketones is 1. The number of aryl methyl sites for hydroxylation is 1. The Hall–Kier alpha value is -3.94. The van der Waals surface area contributed by atoms with E-state index in [-0.39, 0.29) is 17.6 Å². The van der Waals surface area contributed by atoms with E-state index in [1.165, 1.54) is 0 Å². The van der Waals surface area contributed by atoms with E-state index < -0.39 is 0 Å². The Morgan fingerprint density at radius 3 is 2.39 bits per heavy atom. The molecule has 0 aliphatic carbocycles. The third-order valence-corrected chi connectivity index (χ3v) is 5.76. The summed E-state index contributed by atoms with van der Waals surface area (Å²) in [5.41, 5.74) is 2.91. The van der Waals surface area contributed by atoms with Crippen molar-refractivity contribution in [1.82, 2.24) is 14.5 Å². The van der Waals surface area contributed by atoms with Crippen LogP contribution in [0.5, 0.6) is 0 Å². The number of anilines is 2. The van der Waals surface area contributed by atoms with Gasteiger partial charge in [0.1, 0.15) is 0 Å². The predicted molar refractivity (Wildman–Crippen MR) is 126 cm³/mol.